The first-order valence-corrected chi connectivity index (χ1v) is 12.8. The zero-order valence-corrected chi connectivity index (χ0v) is 19.2. The van der Waals surface area contributed by atoms with Gasteiger partial charge in [0.1, 0.15) is 0 Å². The van der Waals surface area contributed by atoms with Crippen LogP contribution in [0.2, 0.25) is 0 Å². The molecule has 3 atom stereocenters. The third kappa shape index (κ3) is 3.76. The van der Waals surface area contributed by atoms with Crippen molar-refractivity contribution < 1.29 is 0 Å². The van der Waals surface area contributed by atoms with Crippen LogP contribution < -0.4 is 5.32 Å². The van der Waals surface area contributed by atoms with E-state index in [0.717, 1.165) is 12.5 Å². The summed E-state index contributed by atoms with van der Waals surface area (Å²) < 4.78 is 0. The smallest absolute Gasteiger partial charge is 0.0412 e. The van der Waals surface area contributed by atoms with Gasteiger partial charge in [-0.05, 0) is 103 Å². The van der Waals surface area contributed by atoms with Gasteiger partial charge in [-0.2, -0.15) is 0 Å². The van der Waals surface area contributed by atoms with E-state index < -0.39 is 0 Å². The molecule has 6 rings (SSSR count). The fraction of sp³-hybridized carbons (Fsp3) is 0.419. The van der Waals surface area contributed by atoms with Crippen LogP contribution >= 0.6 is 0 Å². The third-order valence-corrected chi connectivity index (χ3v) is 8.49. The van der Waals surface area contributed by atoms with Gasteiger partial charge in [-0.3, -0.25) is 0 Å². The highest BCUT2D eigenvalue weighted by Crippen LogP contribution is 2.47. The molecule has 0 aromatic heterocycles. The average molecular weight is 422 g/mol. The van der Waals surface area contributed by atoms with Crippen LogP contribution in [0.5, 0.6) is 0 Å². The lowest BCUT2D eigenvalue weighted by Gasteiger charge is -2.39. The summed E-state index contributed by atoms with van der Waals surface area (Å²) in [6.07, 6.45) is 37.6. The van der Waals surface area contributed by atoms with Gasteiger partial charge in [0.2, 0.25) is 0 Å². The van der Waals surface area contributed by atoms with E-state index in [1.54, 1.807) is 27.9 Å². The van der Waals surface area contributed by atoms with Crippen molar-refractivity contribution in [1.82, 2.24) is 5.32 Å². The monoisotopic (exact) mass is 421 g/mol. The first kappa shape index (κ1) is 20.1. The van der Waals surface area contributed by atoms with Crippen LogP contribution in [0.4, 0.5) is 0 Å². The maximum absolute atomic E-state index is 3.26. The van der Waals surface area contributed by atoms with Gasteiger partial charge < -0.3 is 5.32 Å². The number of hydrogen-bond acceptors (Lipinski definition) is 1. The SMILES string of the molecule is C1=CC2=C(C3CC=C(C4=CC=C(C5=CNC5)CC4)CC3)CCC(C3=CCCC=C3)C2C=C1. The molecule has 0 amide bonds. The number of rotatable bonds is 4. The lowest BCUT2D eigenvalue weighted by Crippen LogP contribution is -2.26. The number of allylic oxidation sites excluding steroid dienone is 15. The van der Waals surface area contributed by atoms with Gasteiger partial charge in [-0.15, -0.1) is 0 Å². The van der Waals surface area contributed by atoms with Crippen molar-refractivity contribution >= 4 is 0 Å². The molecule has 6 aliphatic rings. The molecule has 3 unspecified atom stereocenters. The van der Waals surface area contributed by atoms with Crippen LogP contribution in [-0.4, -0.2) is 6.54 Å². The fourth-order valence-corrected chi connectivity index (χ4v) is 6.61. The minimum absolute atomic E-state index is 0.586. The Hall–Kier alpha value is -2.54. The van der Waals surface area contributed by atoms with Gasteiger partial charge >= 0.3 is 0 Å². The average Bonchev–Trinajstić information content (AvgIpc) is 2.83. The summed E-state index contributed by atoms with van der Waals surface area (Å²) in [7, 11) is 0. The molecule has 164 valence electrons. The molecule has 0 aromatic carbocycles. The van der Waals surface area contributed by atoms with E-state index >= 15 is 0 Å². The van der Waals surface area contributed by atoms with Crippen LogP contribution in [-0.2, 0) is 0 Å². The Balaban J connectivity index is 1.19. The molecule has 0 spiro atoms. The van der Waals surface area contributed by atoms with E-state index in [1.807, 2.05) is 0 Å². The summed E-state index contributed by atoms with van der Waals surface area (Å²) in [6.45, 7) is 1.05. The van der Waals surface area contributed by atoms with Gasteiger partial charge in [0.05, 0.1) is 0 Å². The number of nitrogens with one attached hydrogen (secondary N) is 1. The first-order valence-electron chi connectivity index (χ1n) is 12.8. The molecule has 0 bridgehead atoms. The van der Waals surface area contributed by atoms with E-state index in [2.05, 4.69) is 72.3 Å². The molecule has 32 heavy (non-hydrogen) atoms. The third-order valence-electron chi connectivity index (χ3n) is 8.49. The summed E-state index contributed by atoms with van der Waals surface area (Å²) in [5.41, 5.74) is 11.3. The molecular formula is C31H35N. The Labute approximate surface area is 193 Å². The quantitative estimate of drug-likeness (QED) is 0.493. The van der Waals surface area contributed by atoms with Gasteiger partial charge in [0.15, 0.2) is 0 Å². The van der Waals surface area contributed by atoms with Gasteiger partial charge in [0, 0.05) is 18.7 Å². The van der Waals surface area contributed by atoms with E-state index in [-0.39, 0.29) is 0 Å². The molecule has 1 N–H and O–H groups in total. The molecule has 1 heteroatoms. The molecule has 0 saturated heterocycles. The maximum atomic E-state index is 3.26. The van der Waals surface area contributed by atoms with Crippen LogP contribution in [0.15, 0.2) is 106 Å². The largest absolute Gasteiger partial charge is 0.386 e. The summed E-state index contributed by atoms with van der Waals surface area (Å²) in [6, 6.07) is 0. The fourth-order valence-electron chi connectivity index (χ4n) is 6.61. The molecule has 0 saturated carbocycles. The summed E-state index contributed by atoms with van der Waals surface area (Å²) in [5, 5.41) is 3.26. The van der Waals surface area contributed by atoms with E-state index in [1.165, 1.54) is 68.9 Å². The van der Waals surface area contributed by atoms with Crippen LogP contribution in [0, 0.1) is 17.8 Å². The lowest BCUT2D eigenvalue weighted by molar-refractivity contribution is 0.407. The Bertz CT molecular complexity index is 1060. The summed E-state index contributed by atoms with van der Waals surface area (Å²) in [5.74, 6) is 2.00. The minimum atomic E-state index is 0.586. The zero-order valence-electron chi connectivity index (χ0n) is 19.2. The summed E-state index contributed by atoms with van der Waals surface area (Å²) in [4.78, 5) is 0. The lowest BCUT2D eigenvalue weighted by atomic mass is 9.66. The number of hydrogen-bond donors (Lipinski definition) is 1. The van der Waals surface area contributed by atoms with Crippen molar-refractivity contribution in [2.75, 3.05) is 6.54 Å². The second-order valence-electron chi connectivity index (χ2n) is 10.2. The first-order chi connectivity index (χ1) is 15.9. The highest BCUT2D eigenvalue weighted by Gasteiger charge is 2.34. The Kier molecular flexibility index (Phi) is 5.51. The molecule has 0 radical (unpaired) electrons. The highest BCUT2D eigenvalue weighted by molar-refractivity contribution is 5.48. The predicted octanol–water partition coefficient (Wildman–Crippen LogP) is 7.57. The molecule has 1 heterocycles. The molecule has 1 nitrogen and oxygen atoms in total. The number of fused-ring (bicyclic) bond motifs is 1. The van der Waals surface area contributed by atoms with Crippen LogP contribution in [0.1, 0.15) is 57.8 Å². The second kappa shape index (κ2) is 8.77. The summed E-state index contributed by atoms with van der Waals surface area (Å²) >= 11 is 0. The van der Waals surface area contributed by atoms with Crippen LogP contribution in [0.25, 0.3) is 0 Å². The van der Waals surface area contributed by atoms with Crippen molar-refractivity contribution in [2.24, 2.45) is 17.8 Å². The zero-order chi connectivity index (χ0) is 21.3. The Morgan fingerprint density at radius 3 is 2.34 bits per heavy atom. The van der Waals surface area contributed by atoms with Crippen molar-refractivity contribution in [2.45, 2.75) is 57.8 Å². The van der Waals surface area contributed by atoms with Gasteiger partial charge in [-0.25, -0.2) is 0 Å². The predicted molar refractivity (Wildman–Crippen MR) is 135 cm³/mol. The van der Waals surface area contributed by atoms with Crippen molar-refractivity contribution in [3.05, 3.63) is 106 Å². The topological polar surface area (TPSA) is 12.0 Å². The second-order valence-corrected chi connectivity index (χ2v) is 10.2. The molecule has 5 aliphatic carbocycles. The van der Waals surface area contributed by atoms with E-state index in [0.29, 0.717) is 11.8 Å². The normalized spacial score (nSPS) is 31.5. The van der Waals surface area contributed by atoms with Crippen molar-refractivity contribution in [3.63, 3.8) is 0 Å². The van der Waals surface area contributed by atoms with E-state index in [9.17, 15) is 0 Å². The molecule has 0 fully saturated rings. The van der Waals surface area contributed by atoms with Gasteiger partial charge in [-0.1, -0.05) is 66.3 Å². The van der Waals surface area contributed by atoms with Gasteiger partial charge in [0.25, 0.3) is 0 Å². The molecule has 1 aliphatic heterocycles. The highest BCUT2D eigenvalue weighted by atomic mass is 14.9. The maximum Gasteiger partial charge on any atom is 0.0412 e. The standard InChI is InChI=1S/C31H35N/c1-2-6-25(7-3-1)28-18-19-29(31-9-5-4-8-30(28)31)26-16-14-23(15-17-26)22-10-12-24(13-11-22)27-20-32-21-27/h2,4-10,12,14,20,26,28,30,32H,1,3,11,13,15-19,21H2. The van der Waals surface area contributed by atoms with Crippen molar-refractivity contribution in [3.8, 4) is 0 Å². The molecule has 0 aromatic rings. The minimum Gasteiger partial charge on any atom is -0.386 e. The van der Waals surface area contributed by atoms with E-state index in [4.69, 9.17) is 0 Å². The molecular weight excluding hydrogens is 386 g/mol. The van der Waals surface area contributed by atoms with Crippen molar-refractivity contribution in [1.29, 1.82) is 0 Å². The van der Waals surface area contributed by atoms with Crippen LogP contribution in [0.3, 0.4) is 0 Å². The Morgan fingerprint density at radius 1 is 0.781 bits per heavy atom. The Morgan fingerprint density at radius 2 is 1.66 bits per heavy atom.